The monoisotopic (exact) mass is 409 g/mol. The number of aryl methyl sites for hydroxylation is 1. The van der Waals surface area contributed by atoms with Crippen LogP contribution in [0.5, 0.6) is 0 Å². The maximum Gasteiger partial charge on any atom is 0.249 e. The number of fused-ring (bicyclic) bond motifs is 2. The highest BCUT2D eigenvalue weighted by Crippen LogP contribution is 2.54. The zero-order chi connectivity index (χ0) is 19.3. The normalized spacial score (nSPS) is 24.0. The van der Waals surface area contributed by atoms with Gasteiger partial charge in [-0.15, -0.1) is 11.8 Å². The molecule has 3 heterocycles. The Kier molecular flexibility index (Phi) is 4.17. The van der Waals surface area contributed by atoms with Crippen molar-refractivity contribution in [3.05, 3.63) is 59.7 Å². The van der Waals surface area contributed by atoms with Gasteiger partial charge in [0, 0.05) is 12.2 Å². The van der Waals surface area contributed by atoms with Crippen molar-refractivity contribution < 1.29 is 9.59 Å². The molecular formula is C21H19N3O2S2. The first-order chi connectivity index (χ1) is 13.6. The third kappa shape index (κ3) is 2.64. The van der Waals surface area contributed by atoms with Crippen molar-refractivity contribution in [1.29, 1.82) is 0 Å². The first kappa shape index (κ1) is 17.7. The molecule has 0 unspecified atom stereocenters. The molecule has 2 fully saturated rings. The lowest BCUT2D eigenvalue weighted by atomic mass is 10.0. The number of benzene rings is 2. The quantitative estimate of drug-likeness (QED) is 0.706. The van der Waals surface area contributed by atoms with Gasteiger partial charge in [-0.2, -0.15) is 0 Å². The van der Waals surface area contributed by atoms with Crippen LogP contribution in [0.15, 0.2) is 48.5 Å². The number of para-hydroxylation sites is 1. The van der Waals surface area contributed by atoms with Crippen LogP contribution in [-0.4, -0.2) is 33.5 Å². The van der Waals surface area contributed by atoms with Crippen molar-refractivity contribution in [2.45, 2.75) is 30.7 Å². The molecule has 2 atom stereocenters. The van der Waals surface area contributed by atoms with Crippen LogP contribution in [0.2, 0.25) is 0 Å². The molecule has 0 radical (unpaired) electrons. The molecule has 2 saturated heterocycles. The molecule has 2 amide bonds. The van der Waals surface area contributed by atoms with Crippen molar-refractivity contribution in [3.63, 3.8) is 0 Å². The summed E-state index contributed by atoms with van der Waals surface area (Å²) in [7, 11) is 0. The van der Waals surface area contributed by atoms with Gasteiger partial charge in [0.1, 0.15) is 10.9 Å². The van der Waals surface area contributed by atoms with Crippen molar-refractivity contribution in [2.75, 3.05) is 11.1 Å². The minimum atomic E-state index is -0.478. The van der Waals surface area contributed by atoms with Gasteiger partial charge in [0.25, 0.3) is 0 Å². The molecule has 0 saturated carbocycles. The zero-order valence-electron chi connectivity index (χ0n) is 15.3. The number of nitrogens with zero attached hydrogens (tertiary/aromatic N) is 2. The highest BCUT2D eigenvalue weighted by molar-refractivity contribution is 8.00. The molecule has 142 valence electrons. The predicted molar refractivity (Wildman–Crippen MR) is 113 cm³/mol. The Labute approximate surface area is 171 Å². The molecule has 7 heteroatoms. The van der Waals surface area contributed by atoms with Crippen LogP contribution < -0.4 is 5.32 Å². The summed E-state index contributed by atoms with van der Waals surface area (Å²) < 4.78 is 1.05. The van der Waals surface area contributed by atoms with E-state index in [9.17, 15) is 9.59 Å². The molecule has 5 rings (SSSR count). The van der Waals surface area contributed by atoms with Crippen LogP contribution in [0.1, 0.15) is 24.0 Å². The number of rotatable bonds is 3. The summed E-state index contributed by atoms with van der Waals surface area (Å²) >= 11 is 3.17. The Morgan fingerprint density at radius 3 is 2.82 bits per heavy atom. The van der Waals surface area contributed by atoms with Crippen molar-refractivity contribution in [2.24, 2.45) is 0 Å². The summed E-state index contributed by atoms with van der Waals surface area (Å²) in [5.41, 5.74) is 3.10. The average molecular weight is 410 g/mol. The number of carbonyl (C=O) groups is 2. The van der Waals surface area contributed by atoms with Crippen LogP contribution in [0.25, 0.3) is 10.2 Å². The van der Waals surface area contributed by atoms with E-state index in [1.54, 1.807) is 16.7 Å². The third-order valence-corrected chi connectivity index (χ3v) is 8.04. The molecule has 2 aromatic carbocycles. The first-order valence-corrected chi connectivity index (χ1v) is 11.1. The number of hydrogen-bond acceptors (Lipinski definition) is 5. The molecular weight excluding hydrogens is 390 g/mol. The molecule has 3 aromatic rings. The molecule has 0 aliphatic carbocycles. The lowest BCUT2D eigenvalue weighted by molar-refractivity contribution is -0.136. The van der Waals surface area contributed by atoms with E-state index in [0.29, 0.717) is 17.3 Å². The average Bonchev–Trinajstić information content (AvgIpc) is 3.37. The van der Waals surface area contributed by atoms with E-state index in [1.165, 1.54) is 11.3 Å². The van der Waals surface area contributed by atoms with Crippen LogP contribution in [-0.2, 0) is 14.5 Å². The molecule has 2 aliphatic rings. The second-order valence-corrected chi connectivity index (χ2v) is 9.50. The van der Waals surface area contributed by atoms with E-state index in [-0.39, 0.29) is 11.8 Å². The number of thiazole rings is 1. The maximum absolute atomic E-state index is 13.1. The molecule has 28 heavy (non-hydrogen) atoms. The summed E-state index contributed by atoms with van der Waals surface area (Å²) in [6.07, 6.45) is 1.22. The van der Waals surface area contributed by atoms with Gasteiger partial charge in [0.15, 0.2) is 5.13 Å². The third-order valence-electron chi connectivity index (χ3n) is 5.51. The largest absolute Gasteiger partial charge is 0.311 e. The highest BCUT2D eigenvalue weighted by atomic mass is 32.2. The standard InChI is InChI=1S/C21H19N3O2S2/c1-13-6-5-9-16-18(13)22-20(28-16)23-19(26)15-12-27-21(11-10-17(25)24(15)21)14-7-3-2-4-8-14/h2-9,15H,10-12H2,1H3,(H,22,23,26)/t15-,21+/m0/s1. The summed E-state index contributed by atoms with van der Waals surface area (Å²) in [6.45, 7) is 2.01. The van der Waals surface area contributed by atoms with E-state index < -0.39 is 10.9 Å². The van der Waals surface area contributed by atoms with Crippen molar-refractivity contribution in [1.82, 2.24) is 9.88 Å². The van der Waals surface area contributed by atoms with E-state index >= 15 is 0 Å². The summed E-state index contributed by atoms with van der Waals surface area (Å²) in [4.78, 5) is 31.8. The van der Waals surface area contributed by atoms with Gasteiger partial charge < -0.3 is 10.2 Å². The lowest BCUT2D eigenvalue weighted by Crippen LogP contribution is -2.48. The van der Waals surface area contributed by atoms with Gasteiger partial charge in [-0.3, -0.25) is 9.59 Å². The van der Waals surface area contributed by atoms with Crippen molar-refractivity contribution >= 4 is 50.3 Å². The summed E-state index contributed by atoms with van der Waals surface area (Å²) in [5.74, 6) is 0.488. The SMILES string of the molecule is Cc1cccc2sc(NC(=O)[C@@H]3CS[C@@]4(c5ccccc5)CCC(=O)N34)nc12. The van der Waals surface area contributed by atoms with E-state index in [1.807, 2.05) is 43.3 Å². The number of amides is 2. The van der Waals surface area contributed by atoms with Gasteiger partial charge in [-0.05, 0) is 30.5 Å². The zero-order valence-corrected chi connectivity index (χ0v) is 17.0. The van der Waals surface area contributed by atoms with Gasteiger partial charge in [0.05, 0.1) is 10.2 Å². The molecule has 5 nitrogen and oxygen atoms in total. The number of nitrogens with one attached hydrogen (secondary N) is 1. The van der Waals surface area contributed by atoms with Crippen LogP contribution in [0.4, 0.5) is 5.13 Å². The Morgan fingerprint density at radius 1 is 1.21 bits per heavy atom. The van der Waals surface area contributed by atoms with Gasteiger partial charge in [0.2, 0.25) is 11.8 Å². The Hall–Kier alpha value is -2.38. The number of hydrogen-bond donors (Lipinski definition) is 1. The number of carbonyl (C=O) groups excluding carboxylic acids is 2. The van der Waals surface area contributed by atoms with Crippen LogP contribution in [0.3, 0.4) is 0 Å². The molecule has 2 aliphatic heterocycles. The molecule has 0 spiro atoms. The second kappa shape index (κ2) is 6.60. The maximum atomic E-state index is 13.1. The highest BCUT2D eigenvalue weighted by Gasteiger charge is 2.56. The molecule has 0 bridgehead atoms. The van der Waals surface area contributed by atoms with Crippen LogP contribution in [0, 0.1) is 6.92 Å². The number of anilines is 1. The molecule has 1 N–H and O–H groups in total. The summed E-state index contributed by atoms with van der Waals surface area (Å²) in [5, 5.41) is 3.55. The van der Waals surface area contributed by atoms with Gasteiger partial charge in [-0.25, -0.2) is 4.98 Å². The fraction of sp³-hybridized carbons (Fsp3) is 0.286. The van der Waals surface area contributed by atoms with E-state index in [2.05, 4.69) is 22.4 Å². The number of aromatic nitrogens is 1. The fourth-order valence-electron chi connectivity index (χ4n) is 4.16. The Bertz CT molecular complexity index is 1080. The molecule has 1 aromatic heterocycles. The first-order valence-electron chi connectivity index (χ1n) is 9.27. The summed E-state index contributed by atoms with van der Waals surface area (Å²) in [6, 6.07) is 15.6. The van der Waals surface area contributed by atoms with E-state index in [4.69, 9.17) is 0 Å². The van der Waals surface area contributed by atoms with Gasteiger partial charge >= 0.3 is 0 Å². The van der Waals surface area contributed by atoms with Crippen LogP contribution >= 0.6 is 23.1 Å². The fourth-order valence-corrected chi connectivity index (χ4v) is 6.76. The Morgan fingerprint density at radius 2 is 2.04 bits per heavy atom. The predicted octanol–water partition coefficient (Wildman–Crippen LogP) is 4.13. The lowest BCUT2D eigenvalue weighted by Gasteiger charge is -2.33. The minimum absolute atomic E-state index is 0.0501. The second-order valence-electron chi connectivity index (χ2n) is 7.17. The minimum Gasteiger partial charge on any atom is -0.311 e. The number of thioether (sulfide) groups is 1. The van der Waals surface area contributed by atoms with E-state index in [0.717, 1.165) is 27.8 Å². The Balaban J connectivity index is 1.43. The topological polar surface area (TPSA) is 62.3 Å². The smallest absolute Gasteiger partial charge is 0.249 e. The van der Waals surface area contributed by atoms with Gasteiger partial charge in [-0.1, -0.05) is 53.8 Å². The van der Waals surface area contributed by atoms with Crippen molar-refractivity contribution in [3.8, 4) is 0 Å².